The number of amides is 3. The van der Waals surface area contributed by atoms with Crippen LogP contribution in [0.15, 0.2) is 18.2 Å². The molecule has 206 valence electrons. The van der Waals surface area contributed by atoms with E-state index in [0.717, 1.165) is 24.0 Å². The number of alkyl carbamates (subject to hydrolysis) is 1. The molecule has 2 rings (SSSR count). The maximum Gasteiger partial charge on any atom is 0.408 e. The van der Waals surface area contributed by atoms with Crippen LogP contribution in [-0.4, -0.2) is 59.6 Å². The summed E-state index contributed by atoms with van der Waals surface area (Å²) in [6, 6.07) is 3.75. The lowest BCUT2D eigenvalue weighted by Gasteiger charge is -2.36. The van der Waals surface area contributed by atoms with Crippen LogP contribution in [0.4, 0.5) is 4.79 Å². The molecule has 1 aliphatic carbocycles. The largest absolute Gasteiger partial charge is 0.466 e. The molecule has 0 aliphatic heterocycles. The Bertz CT molecular complexity index is 981. The average molecular weight is 518 g/mol. The second kappa shape index (κ2) is 12.9. The summed E-state index contributed by atoms with van der Waals surface area (Å²) in [7, 11) is 0. The number of carbonyl (C=O) groups is 4. The third-order valence-corrected chi connectivity index (χ3v) is 6.20. The fourth-order valence-electron chi connectivity index (χ4n) is 4.08. The smallest absolute Gasteiger partial charge is 0.408 e. The van der Waals surface area contributed by atoms with E-state index < -0.39 is 29.7 Å². The number of nitrogens with zero attached hydrogens (tertiary/aromatic N) is 1. The van der Waals surface area contributed by atoms with Crippen molar-refractivity contribution in [1.29, 1.82) is 0 Å². The Hall–Kier alpha value is -3.10. The Balaban J connectivity index is 2.41. The van der Waals surface area contributed by atoms with E-state index in [1.165, 1.54) is 0 Å². The van der Waals surface area contributed by atoms with Crippen LogP contribution in [-0.2, 0) is 23.9 Å². The van der Waals surface area contributed by atoms with Gasteiger partial charge in [-0.15, -0.1) is 0 Å². The molecule has 0 bridgehead atoms. The first-order chi connectivity index (χ1) is 17.3. The van der Waals surface area contributed by atoms with E-state index in [1.54, 1.807) is 32.6 Å². The number of carbonyl (C=O) groups excluding carboxylic acids is 4. The predicted molar refractivity (Wildman–Crippen MR) is 141 cm³/mol. The number of ether oxygens (including phenoxy) is 2. The van der Waals surface area contributed by atoms with Gasteiger partial charge in [-0.1, -0.05) is 32.0 Å². The van der Waals surface area contributed by atoms with Gasteiger partial charge in [0, 0.05) is 12.6 Å². The molecule has 9 nitrogen and oxygen atoms in total. The van der Waals surface area contributed by atoms with Crippen LogP contribution >= 0.6 is 0 Å². The molecule has 2 N–H and O–H groups in total. The summed E-state index contributed by atoms with van der Waals surface area (Å²) in [6.07, 6.45) is 0.879. The zero-order chi connectivity index (χ0) is 27.9. The maximum atomic E-state index is 14.1. The Kier molecular flexibility index (Phi) is 10.5. The van der Waals surface area contributed by atoms with Gasteiger partial charge >= 0.3 is 12.1 Å². The molecular formula is C28H43N3O6. The van der Waals surface area contributed by atoms with E-state index in [2.05, 4.69) is 10.6 Å². The van der Waals surface area contributed by atoms with Crippen molar-refractivity contribution in [3.63, 3.8) is 0 Å². The van der Waals surface area contributed by atoms with Gasteiger partial charge in [-0.2, -0.15) is 0 Å². The Labute approximate surface area is 220 Å². The van der Waals surface area contributed by atoms with Crippen LogP contribution in [0, 0.1) is 19.8 Å². The van der Waals surface area contributed by atoms with Crippen molar-refractivity contribution in [2.45, 2.75) is 98.4 Å². The summed E-state index contributed by atoms with van der Waals surface area (Å²) in [5, 5.41) is 5.56. The van der Waals surface area contributed by atoms with Crippen molar-refractivity contribution in [2.75, 3.05) is 13.2 Å². The number of aryl methyl sites for hydroxylation is 1. The molecule has 0 saturated heterocycles. The molecule has 37 heavy (non-hydrogen) atoms. The maximum absolute atomic E-state index is 14.1. The Morgan fingerprint density at radius 2 is 1.76 bits per heavy atom. The summed E-state index contributed by atoms with van der Waals surface area (Å²) in [5.74, 6) is -1.36. The highest BCUT2D eigenvalue weighted by atomic mass is 16.6. The first-order valence-corrected chi connectivity index (χ1v) is 13.1. The second-order valence-corrected chi connectivity index (χ2v) is 10.9. The fraction of sp³-hybridized carbons (Fsp3) is 0.643. The minimum atomic E-state index is -0.913. The number of hydrogen-bond acceptors (Lipinski definition) is 6. The van der Waals surface area contributed by atoms with E-state index in [4.69, 9.17) is 9.47 Å². The summed E-state index contributed by atoms with van der Waals surface area (Å²) >= 11 is 0. The van der Waals surface area contributed by atoms with Crippen molar-refractivity contribution in [1.82, 2.24) is 15.5 Å². The van der Waals surface area contributed by atoms with Crippen LogP contribution in [0.2, 0.25) is 0 Å². The predicted octanol–water partition coefficient (Wildman–Crippen LogP) is 3.95. The monoisotopic (exact) mass is 517 g/mol. The normalized spacial score (nSPS) is 14.9. The molecule has 0 spiro atoms. The molecule has 3 amide bonds. The number of nitrogens with one attached hydrogen (secondary N) is 2. The molecule has 1 aromatic rings. The van der Waals surface area contributed by atoms with E-state index in [9.17, 15) is 19.2 Å². The Morgan fingerprint density at radius 3 is 2.30 bits per heavy atom. The van der Waals surface area contributed by atoms with Crippen molar-refractivity contribution >= 4 is 23.9 Å². The van der Waals surface area contributed by atoms with Gasteiger partial charge in [-0.05, 0) is 77.0 Å². The molecular weight excluding hydrogens is 474 g/mol. The minimum Gasteiger partial charge on any atom is -0.466 e. The molecule has 9 heteroatoms. The number of hydrogen-bond donors (Lipinski definition) is 2. The number of rotatable bonds is 11. The van der Waals surface area contributed by atoms with Gasteiger partial charge in [0.05, 0.1) is 13.0 Å². The highest BCUT2D eigenvalue weighted by molar-refractivity contribution is 5.93. The molecule has 0 radical (unpaired) electrons. The SMILES string of the molecule is CCOC(=O)CCNC(=O)C(c1cccc(C)c1C)N(C(=O)C(NC(=O)OC(C)(C)C)C(C)C)C1CC1. The topological polar surface area (TPSA) is 114 Å². The molecule has 0 aromatic heterocycles. The highest BCUT2D eigenvalue weighted by Crippen LogP contribution is 2.37. The lowest BCUT2D eigenvalue weighted by atomic mass is 9.94. The van der Waals surface area contributed by atoms with Crippen LogP contribution in [0.3, 0.4) is 0 Å². The summed E-state index contributed by atoms with van der Waals surface area (Å²) in [5.41, 5.74) is 1.91. The van der Waals surface area contributed by atoms with Gasteiger partial charge in [0.15, 0.2) is 0 Å². The molecule has 0 heterocycles. The summed E-state index contributed by atoms with van der Waals surface area (Å²) in [4.78, 5) is 53.7. The van der Waals surface area contributed by atoms with Gasteiger partial charge in [-0.25, -0.2) is 4.79 Å². The van der Waals surface area contributed by atoms with Crippen molar-refractivity contribution < 1.29 is 28.7 Å². The number of benzene rings is 1. The molecule has 1 saturated carbocycles. The van der Waals surface area contributed by atoms with Gasteiger partial charge in [-0.3, -0.25) is 14.4 Å². The van der Waals surface area contributed by atoms with Crippen molar-refractivity contribution in [3.8, 4) is 0 Å². The molecule has 1 aliphatic rings. The molecule has 2 atom stereocenters. The molecule has 1 aromatic carbocycles. The third kappa shape index (κ3) is 8.76. The first kappa shape index (κ1) is 30.1. The van der Waals surface area contributed by atoms with Crippen molar-refractivity contribution in [2.24, 2.45) is 5.92 Å². The minimum absolute atomic E-state index is 0.0330. The summed E-state index contributed by atoms with van der Waals surface area (Å²) in [6.45, 7) is 14.9. The quantitative estimate of drug-likeness (QED) is 0.430. The van der Waals surface area contributed by atoms with Crippen LogP contribution in [0.1, 0.15) is 83.5 Å². The lowest BCUT2D eigenvalue weighted by molar-refractivity contribution is -0.145. The van der Waals surface area contributed by atoms with Crippen LogP contribution in [0.5, 0.6) is 0 Å². The lowest BCUT2D eigenvalue weighted by Crippen LogP contribution is -2.55. The van der Waals surface area contributed by atoms with Crippen LogP contribution in [0.25, 0.3) is 0 Å². The zero-order valence-electron chi connectivity index (χ0n) is 23.5. The van der Waals surface area contributed by atoms with Gasteiger partial charge < -0.3 is 25.0 Å². The zero-order valence-corrected chi connectivity index (χ0v) is 23.5. The second-order valence-electron chi connectivity index (χ2n) is 10.9. The first-order valence-electron chi connectivity index (χ1n) is 13.1. The van der Waals surface area contributed by atoms with E-state index in [1.807, 2.05) is 45.9 Å². The Morgan fingerprint density at radius 1 is 1.11 bits per heavy atom. The van der Waals surface area contributed by atoms with Gasteiger partial charge in [0.2, 0.25) is 11.8 Å². The third-order valence-electron chi connectivity index (χ3n) is 6.20. The van der Waals surface area contributed by atoms with Gasteiger partial charge in [0.25, 0.3) is 0 Å². The van der Waals surface area contributed by atoms with E-state index in [0.29, 0.717) is 5.56 Å². The average Bonchev–Trinajstić information content (AvgIpc) is 3.61. The van der Waals surface area contributed by atoms with E-state index in [-0.39, 0.29) is 43.3 Å². The fourth-order valence-corrected chi connectivity index (χ4v) is 4.08. The number of esters is 1. The highest BCUT2D eigenvalue weighted by Gasteiger charge is 2.45. The van der Waals surface area contributed by atoms with Crippen molar-refractivity contribution in [3.05, 3.63) is 34.9 Å². The summed E-state index contributed by atoms with van der Waals surface area (Å²) < 4.78 is 10.4. The molecule has 1 fully saturated rings. The molecule has 2 unspecified atom stereocenters. The van der Waals surface area contributed by atoms with E-state index >= 15 is 0 Å². The van der Waals surface area contributed by atoms with Crippen LogP contribution < -0.4 is 10.6 Å². The standard InChI is InChI=1S/C28H43N3O6/c1-9-36-22(32)15-16-29-25(33)24(21-12-10-11-18(4)19(21)5)31(20-13-14-20)26(34)23(17(2)3)30-27(35)37-28(6,7)8/h10-12,17,20,23-24H,9,13-16H2,1-8H3,(H,29,33)(H,30,35). The van der Waals surface area contributed by atoms with Gasteiger partial charge in [0.1, 0.15) is 17.7 Å².